The zero-order valence-corrected chi connectivity index (χ0v) is 18.0. The molecule has 0 unspecified atom stereocenters. The third-order valence-electron chi connectivity index (χ3n) is 4.93. The molecule has 156 valence electrons. The summed E-state index contributed by atoms with van der Waals surface area (Å²) in [6.07, 6.45) is 0. The van der Waals surface area contributed by atoms with E-state index in [1.165, 1.54) is 24.5 Å². The summed E-state index contributed by atoms with van der Waals surface area (Å²) in [7, 11) is 1.29. The zero-order chi connectivity index (χ0) is 22.1. The number of thiophene rings is 1. The number of carbonyl (C=O) groups excluding carboxylic acids is 2. The van der Waals surface area contributed by atoms with E-state index in [2.05, 4.69) is 5.32 Å². The van der Waals surface area contributed by atoms with Crippen LogP contribution in [-0.2, 0) is 4.74 Å². The van der Waals surface area contributed by atoms with E-state index in [0.717, 1.165) is 16.0 Å². The number of anilines is 1. The van der Waals surface area contributed by atoms with Gasteiger partial charge in [0.25, 0.3) is 5.91 Å². The lowest BCUT2D eigenvalue weighted by Gasteiger charge is -2.08. The van der Waals surface area contributed by atoms with Gasteiger partial charge >= 0.3 is 11.6 Å². The summed E-state index contributed by atoms with van der Waals surface area (Å²) < 4.78 is 10.2. The molecule has 0 aliphatic rings. The summed E-state index contributed by atoms with van der Waals surface area (Å²) in [6, 6.07) is 16.2. The van der Waals surface area contributed by atoms with E-state index in [4.69, 9.17) is 9.15 Å². The first-order valence-corrected chi connectivity index (χ1v) is 10.3. The van der Waals surface area contributed by atoms with Gasteiger partial charge in [0.1, 0.15) is 21.7 Å². The molecule has 1 amide bonds. The number of benzene rings is 2. The Balaban J connectivity index is 1.78. The molecule has 0 aliphatic carbocycles. The van der Waals surface area contributed by atoms with Crippen LogP contribution in [0.4, 0.5) is 5.00 Å². The Morgan fingerprint density at radius 1 is 1.03 bits per heavy atom. The summed E-state index contributed by atoms with van der Waals surface area (Å²) in [4.78, 5) is 38.7. The lowest BCUT2D eigenvalue weighted by molar-refractivity contribution is 0.0603. The van der Waals surface area contributed by atoms with E-state index in [-0.39, 0.29) is 11.1 Å². The molecule has 4 aromatic rings. The molecule has 0 saturated carbocycles. The third-order valence-corrected chi connectivity index (χ3v) is 5.95. The highest BCUT2D eigenvalue weighted by atomic mass is 32.1. The molecule has 0 aliphatic heterocycles. The quantitative estimate of drug-likeness (QED) is 0.354. The van der Waals surface area contributed by atoms with E-state index >= 15 is 0 Å². The van der Waals surface area contributed by atoms with Crippen LogP contribution in [0.25, 0.3) is 22.1 Å². The molecule has 7 heteroatoms. The van der Waals surface area contributed by atoms with Crippen molar-refractivity contribution >= 4 is 39.2 Å². The van der Waals surface area contributed by atoms with E-state index in [1.54, 1.807) is 24.3 Å². The van der Waals surface area contributed by atoms with Crippen molar-refractivity contribution in [2.45, 2.75) is 13.8 Å². The summed E-state index contributed by atoms with van der Waals surface area (Å²) in [5, 5.41) is 3.65. The van der Waals surface area contributed by atoms with Crippen LogP contribution >= 0.6 is 11.3 Å². The van der Waals surface area contributed by atoms with Crippen LogP contribution in [0.1, 0.15) is 31.2 Å². The largest absolute Gasteiger partial charge is 0.465 e. The molecule has 2 aromatic heterocycles. The molecule has 2 aromatic carbocycles. The molecular formula is C24H19NO5S. The van der Waals surface area contributed by atoms with Crippen molar-refractivity contribution in [2.75, 3.05) is 12.4 Å². The van der Waals surface area contributed by atoms with Gasteiger partial charge < -0.3 is 14.5 Å². The van der Waals surface area contributed by atoms with Gasteiger partial charge in [0.2, 0.25) is 0 Å². The van der Waals surface area contributed by atoms with Gasteiger partial charge in [-0.3, -0.25) is 4.79 Å². The Morgan fingerprint density at radius 2 is 1.74 bits per heavy atom. The summed E-state index contributed by atoms with van der Waals surface area (Å²) in [6.45, 7) is 3.85. The molecule has 31 heavy (non-hydrogen) atoms. The molecular weight excluding hydrogens is 414 g/mol. The average molecular weight is 433 g/mol. The molecule has 6 nitrogen and oxygen atoms in total. The number of amides is 1. The fourth-order valence-corrected chi connectivity index (χ4v) is 4.45. The Bertz CT molecular complexity index is 1370. The van der Waals surface area contributed by atoms with Crippen molar-refractivity contribution < 1.29 is 18.7 Å². The number of ether oxygens (including phenoxy) is 1. The summed E-state index contributed by atoms with van der Waals surface area (Å²) in [5.41, 5.74) is 2.39. The van der Waals surface area contributed by atoms with Gasteiger partial charge in [-0.2, -0.15) is 0 Å². The van der Waals surface area contributed by atoms with Crippen molar-refractivity contribution in [1.29, 1.82) is 0 Å². The normalized spacial score (nSPS) is 10.8. The highest BCUT2D eigenvalue weighted by Crippen LogP contribution is 2.40. The number of methoxy groups -OCH3 is 1. The molecule has 0 atom stereocenters. The highest BCUT2D eigenvalue weighted by molar-refractivity contribution is 7.17. The Hall–Kier alpha value is -3.71. The number of para-hydroxylation sites is 1. The fourth-order valence-electron chi connectivity index (χ4n) is 3.39. The van der Waals surface area contributed by atoms with Gasteiger partial charge in [0.15, 0.2) is 0 Å². The molecule has 4 rings (SSSR count). The number of fused-ring (bicyclic) bond motifs is 1. The first-order valence-electron chi connectivity index (χ1n) is 9.52. The van der Waals surface area contributed by atoms with E-state index in [9.17, 15) is 14.4 Å². The first kappa shape index (κ1) is 20.6. The van der Waals surface area contributed by atoms with Gasteiger partial charge in [0.05, 0.1) is 7.11 Å². The predicted octanol–water partition coefficient (Wildman–Crippen LogP) is 5.18. The van der Waals surface area contributed by atoms with Crippen molar-refractivity contribution in [3.8, 4) is 11.1 Å². The minimum absolute atomic E-state index is 0.141. The molecule has 0 fully saturated rings. The monoisotopic (exact) mass is 433 g/mol. The number of nitrogens with one attached hydrogen (secondary N) is 1. The zero-order valence-electron chi connectivity index (χ0n) is 17.1. The van der Waals surface area contributed by atoms with E-state index in [0.29, 0.717) is 21.5 Å². The number of hydrogen-bond acceptors (Lipinski definition) is 6. The number of rotatable bonds is 4. The Morgan fingerprint density at radius 3 is 2.45 bits per heavy atom. The molecule has 0 saturated heterocycles. The maximum absolute atomic E-state index is 12.9. The van der Waals surface area contributed by atoms with Gasteiger partial charge in [-0.15, -0.1) is 11.3 Å². The van der Waals surface area contributed by atoms with Gasteiger partial charge in [-0.05, 0) is 31.5 Å². The fraction of sp³-hybridized carbons (Fsp3) is 0.125. The second-order valence-electron chi connectivity index (χ2n) is 7.03. The second kappa shape index (κ2) is 8.20. The molecule has 0 spiro atoms. The van der Waals surface area contributed by atoms with Crippen molar-refractivity contribution in [2.24, 2.45) is 0 Å². The summed E-state index contributed by atoms with van der Waals surface area (Å²) in [5.74, 6) is -1.22. The number of hydrogen-bond donors (Lipinski definition) is 1. The molecule has 0 bridgehead atoms. The number of carbonyl (C=O) groups is 2. The number of esters is 1. The average Bonchev–Trinajstić information content (AvgIpc) is 3.08. The standard InChI is InChI=1S/C24H19NO5S/c1-13-8-10-15(11-9-13)19-14(2)31-22(20(19)24(28)29-3)25-21(26)17-12-16-6-4-5-7-18(16)30-23(17)27/h4-12H,1-3H3,(H,25,26). The van der Waals surface area contributed by atoms with Gasteiger partial charge in [-0.25, -0.2) is 9.59 Å². The second-order valence-corrected chi connectivity index (χ2v) is 8.26. The van der Waals surface area contributed by atoms with E-state index < -0.39 is 17.5 Å². The van der Waals surface area contributed by atoms with Crippen LogP contribution < -0.4 is 10.9 Å². The lowest BCUT2D eigenvalue weighted by atomic mass is 10.0. The van der Waals surface area contributed by atoms with E-state index in [1.807, 2.05) is 38.1 Å². The summed E-state index contributed by atoms with van der Waals surface area (Å²) >= 11 is 1.25. The van der Waals surface area contributed by atoms with Gasteiger partial charge in [0, 0.05) is 15.8 Å². The molecule has 1 N–H and O–H groups in total. The topological polar surface area (TPSA) is 85.6 Å². The van der Waals surface area contributed by atoms with Crippen LogP contribution in [-0.4, -0.2) is 19.0 Å². The van der Waals surface area contributed by atoms with Crippen LogP contribution in [0, 0.1) is 13.8 Å². The van der Waals surface area contributed by atoms with Crippen LogP contribution in [0.5, 0.6) is 0 Å². The predicted molar refractivity (Wildman–Crippen MR) is 121 cm³/mol. The van der Waals surface area contributed by atoms with Crippen LogP contribution in [0.2, 0.25) is 0 Å². The SMILES string of the molecule is COC(=O)c1c(NC(=O)c2cc3ccccc3oc2=O)sc(C)c1-c1ccc(C)cc1. The van der Waals surface area contributed by atoms with Crippen LogP contribution in [0.3, 0.4) is 0 Å². The third kappa shape index (κ3) is 3.87. The minimum Gasteiger partial charge on any atom is -0.465 e. The first-order chi connectivity index (χ1) is 14.9. The Labute approximate surface area is 182 Å². The molecule has 2 heterocycles. The van der Waals surface area contributed by atoms with Crippen molar-refractivity contribution in [1.82, 2.24) is 0 Å². The minimum atomic E-state index is -0.747. The van der Waals surface area contributed by atoms with Gasteiger partial charge in [-0.1, -0.05) is 48.0 Å². The molecule has 0 radical (unpaired) electrons. The van der Waals surface area contributed by atoms with Crippen molar-refractivity contribution in [3.05, 3.63) is 86.6 Å². The maximum Gasteiger partial charge on any atom is 0.349 e. The van der Waals surface area contributed by atoms with Crippen LogP contribution in [0.15, 0.2) is 63.8 Å². The van der Waals surface area contributed by atoms with Crippen molar-refractivity contribution in [3.63, 3.8) is 0 Å². The Kier molecular flexibility index (Phi) is 5.44. The number of aryl methyl sites for hydroxylation is 2. The smallest absolute Gasteiger partial charge is 0.349 e. The lowest BCUT2D eigenvalue weighted by Crippen LogP contribution is -2.21. The maximum atomic E-state index is 12.9. The highest BCUT2D eigenvalue weighted by Gasteiger charge is 2.26.